The topological polar surface area (TPSA) is 55.4 Å². The van der Waals surface area contributed by atoms with Crippen LogP contribution in [0.3, 0.4) is 0 Å². The fourth-order valence-corrected chi connectivity index (χ4v) is 2.38. The van der Waals surface area contributed by atoms with Gasteiger partial charge in [-0.3, -0.25) is 4.57 Å². The zero-order valence-electron chi connectivity index (χ0n) is 11.0. The van der Waals surface area contributed by atoms with Crippen molar-refractivity contribution >= 4 is 22.7 Å². The molecule has 2 aromatic carbocycles. The zero-order chi connectivity index (χ0) is 15.1. The fraction of sp³-hybridized carbons (Fsp3) is 0.133. The summed E-state index contributed by atoms with van der Waals surface area (Å²) >= 11 is 5.69. The van der Waals surface area contributed by atoms with Crippen LogP contribution in [-0.2, 0) is 7.05 Å². The molecule has 1 heterocycles. The lowest BCUT2D eigenvalue weighted by Crippen LogP contribution is -2.08. The Morgan fingerprint density at radius 3 is 2.76 bits per heavy atom. The predicted octanol–water partition coefficient (Wildman–Crippen LogP) is 3.01. The predicted molar refractivity (Wildman–Crippen MR) is 76.9 cm³/mol. The van der Waals surface area contributed by atoms with E-state index >= 15 is 0 Å². The molecule has 1 unspecified atom stereocenters. The van der Waals surface area contributed by atoms with Gasteiger partial charge in [0.2, 0.25) is 0 Å². The number of rotatable bonds is 2. The normalized spacial score (nSPS) is 12.8. The summed E-state index contributed by atoms with van der Waals surface area (Å²) in [5.41, 5.74) is 1.48. The smallest absolute Gasteiger partial charge is 0.408 e. The number of nitrogens with zero attached hydrogens (tertiary/aromatic N) is 1. The molecule has 0 bridgehead atoms. The molecule has 0 saturated heterocycles. The van der Waals surface area contributed by atoms with Crippen molar-refractivity contribution in [1.29, 1.82) is 0 Å². The fourth-order valence-electron chi connectivity index (χ4n) is 2.22. The van der Waals surface area contributed by atoms with E-state index in [1.165, 1.54) is 22.8 Å². The second-order valence-corrected chi connectivity index (χ2v) is 5.16. The Hall–Kier alpha value is -2.11. The van der Waals surface area contributed by atoms with Gasteiger partial charge in [0.05, 0.1) is 5.52 Å². The first-order chi connectivity index (χ1) is 9.97. The average molecular weight is 308 g/mol. The van der Waals surface area contributed by atoms with Crippen LogP contribution in [0, 0.1) is 5.82 Å². The van der Waals surface area contributed by atoms with Gasteiger partial charge in [-0.1, -0.05) is 23.7 Å². The van der Waals surface area contributed by atoms with Crippen molar-refractivity contribution in [1.82, 2.24) is 4.57 Å². The van der Waals surface area contributed by atoms with Crippen molar-refractivity contribution in [3.8, 4) is 0 Å². The van der Waals surface area contributed by atoms with Crippen LogP contribution >= 0.6 is 11.6 Å². The zero-order valence-corrected chi connectivity index (χ0v) is 11.8. The third kappa shape index (κ3) is 2.34. The molecule has 0 saturated carbocycles. The molecule has 0 fully saturated rings. The van der Waals surface area contributed by atoms with Crippen LogP contribution in [0.4, 0.5) is 4.39 Å². The molecule has 0 amide bonds. The summed E-state index contributed by atoms with van der Waals surface area (Å²) in [7, 11) is 1.59. The minimum absolute atomic E-state index is 0.108. The Morgan fingerprint density at radius 1 is 1.29 bits per heavy atom. The van der Waals surface area contributed by atoms with Gasteiger partial charge in [0.15, 0.2) is 5.58 Å². The van der Waals surface area contributed by atoms with E-state index in [0.717, 1.165) is 6.07 Å². The second kappa shape index (κ2) is 5.02. The molecule has 1 aromatic heterocycles. The van der Waals surface area contributed by atoms with Crippen LogP contribution in [0.25, 0.3) is 11.1 Å². The molecule has 3 aromatic rings. The highest BCUT2D eigenvalue weighted by Crippen LogP contribution is 2.28. The second-order valence-electron chi connectivity index (χ2n) is 4.72. The number of halogens is 2. The van der Waals surface area contributed by atoms with E-state index in [9.17, 15) is 14.3 Å². The molecule has 0 aliphatic heterocycles. The van der Waals surface area contributed by atoms with Crippen LogP contribution in [0.1, 0.15) is 17.2 Å². The van der Waals surface area contributed by atoms with Crippen molar-refractivity contribution in [3.63, 3.8) is 0 Å². The molecule has 1 N–H and O–H groups in total. The number of aliphatic hydroxyl groups is 1. The van der Waals surface area contributed by atoms with Gasteiger partial charge >= 0.3 is 5.76 Å². The third-order valence-electron chi connectivity index (χ3n) is 3.39. The van der Waals surface area contributed by atoms with E-state index < -0.39 is 17.7 Å². The summed E-state index contributed by atoms with van der Waals surface area (Å²) in [6, 6.07) is 8.86. The summed E-state index contributed by atoms with van der Waals surface area (Å²) in [6.45, 7) is 0. The standard InChI is InChI=1S/C15H11ClFNO3/c1-18-12-5-2-8(6-13(12)21-15(18)20)14(19)10-4-3-9(16)7-11(10)17/h2-7,14,19H,1H3. The minimum atomic E-state index is -1.17. The molecule has 0 spiro atoms. The van der Waals surface area contributed by atoms with E-state index in [2.05, 4.69) is 0 Å². The van der Waals surface area contributed by atoms with Gasteiger partial charge in [-0.15, -0.1) is 0 Å². The molecule has 3 rings (SSSR count). The average Bonchev–Trinajstić information content (AvgIpc) is 2.73. The van der Waals surface area contributed by atoms with Crippen molar-refractivity contribution < 1.29 is 13.9 Å². The lowest BCUT2D eigenvalue weighted by Gasteiger charge is -2.12. The summed E-state index contributed by atoms with van der Waals surface area (Å²) in [5, 5.41) is 10.5. The molecule has 1 atom stereocenters. The van der Waals surface area contributed by atoms with Crippen LogP contribution < -0.4 is 5.76 Å². The van der Waals surface area contributed by atoms with E-state index in [1.54, 1.807) is 19.2 Å². The van der Waals surface area contributed by atoms with Gasteiger partial charge in [0.25, 0.3) is 0 Å². The van der Waals surface area contributed by atoms with Crippen LogP contribution in [0.2, 0.25) is 5.02 Å². The van der Waals surface area contributed by atoms with Gasteiger partial charge in [0, 0.05) is 17.6 Å². The monoisotopic (exact) mass is 307 g/mol. The molecular weight excluding hydrogens is 297 g/mol. The number of hydrogen-bond donors (Lipinski definition) is 1. The lowest BCUT2D eigenvalue weighted by atomic mass is 10.0. The Labute approximate surface area is 124 Å². The molecule has 0 aliphatic carbocycles. The van der Waals surface area contributed by atoms with E-state index in [0.29, 0.717) is 16.7 Å². The summed E-state index contributed by atoms with van der Waals surface area (Å²) < 4.78 is 20.3. The SMILES string of the molecule is Cn1c(=O)oc2cc(C(O)c3ccc(Cl)cc3F)ccc21. The first kappa shape index (κ1) is 13.9. The first-order valence-electron chi connectivity index (χ1n) is 6.20. The Morgan fingerprint density at radius 2 is 2.05 bits per heavy atom. The minimum Gasteiger partial charge on any atom is -0.408 e. The maximum absolute atomic E-state index is 13.8. The molecule has 4 nitrogen and oxygen atoms in total. The highest BCUT2D eigenvalue weighted by atomic mass is 35.5. The third-order valence-corrected chi connectivity index (χ3v) is 3.62. The molecular formula is C15H11ClFNO3. The van der Waals surface area contributed by atoms with Gasteiger partial charge < -0.3 is 9.52 Å². The number of hydrogen-bond acceptors (Lipinski definition) is 3. The number of aryl methyl sites for hydroxylation is 1. The highest BCUT2D eigenvalue weighted by Gasteiger charge is 2.17. The number of oxazole rings is 1. The van der Waals surface area contributed by atoms with Crippen LogP contribution in [0.5, 0.6) is 0 Å². The van der Waals surface area contributed by atoms with Gasteiger partial charge in [-0.25, -0.2) is 9.18 Å². The summed E-state index contributed by atoms with van der Waals surface area (Å²) in [4.78, 5) is 11.4. The van der Waals surface area contributed by atoms with Gasteiger partial charge in [-0.2, -0.15) is 0 Å². The van der Waals surface area contributed by atoms with Gasteiger partial charge in [-0.05, 0) is 29.8 Å². The lowest BCUT2D eigenvalue weighted by molar-refractivity contribution is 0.215. The number of fused-ring (bicyclic) bond motifs is 1. The van der Waals surface area contributed by atoms with Crippen molar-refractivity contribution in [3.05, 3.63) is 68.9 Å². The summed E-state index contributed by atoms with van der Waals surface area (Å²) in [5.74, 6) is -1.08. The highest BCUT2D eigenvalue weighted by molar-refractivity contribution is 6.30. The van der Waals surface area contributed by atoms with Crippen molar-refractivity contribution in [2.24, 2.45) is 7.05 Å². The number of aliphatic hydroxyl groups excluding tert-OH is 1. The van der Waals surface area contributed by atoms with Crippen LogP contribution in [0.15, 0.2) is 45.6 Å². The Bertz CT molecular complexity index is 884. The molecule has 108 valence electrons. The summed E-state index contributed by atoms with van der Waals surface area (Å²) in [6.07, 6.45) is -1.17. The van der Waals surface area contributed by atoms with Crippen molar-refractivity contribution in [2.75, 3.05) is 0 Å². The van der Waals surface area contributed by atoms with E-state index in [4.69, 9.17) is 16.0 Å². The first-order valence-corrected chi connectivity index (χ1v) is 6.57. The maximum Gasteiger partial charge on any atom is 0.419 e. The molecule has 6 heteroatoms. The molecule has 0 aliphatic rings. The molecule has 21 heavy (non-hydrogen) atoms. The Balaban J connectivity index is 2.09. The largest absolute Gasteiger partial charge is 0.419 e. The van der Waals surface area contributed by atoms with E-state index in [-0.39, 0.29) is 10.6 Å². The quantitative estimate of drug-likeness (QED) is 0.792. The van der Waals surface area contributed by atoms with E-state index in [1.807, 2.05) is 0 Å². The number of benzene rings is 2. The number of aromatic nitrogens is 1. The maximum atomic E-state index is 13.8. The Kier molecular flexibility index (Phi) is 3.31. The van der Waals surface area contributed by atoms with Gasteiger partial charge in [0.1, 0.15) is 11.9 Å². The van der Waals surface area contributed by atoms with Crippen LogP contribution in [-0.4, -0.2) is 9.67 Å². The molecule has 0 radical (unpaired) electrons. The van der Waals surface area contributed by atoms with Crippen molar-refractivity contribution in [2.45, 2.75) is 6.10 Å².